The zero-order chi connectivity index (χ0) is 10.8. The lowest BCUT2D eigenvalue weighted by atomic mass is 10.1. The van der Waals surface area contributed by atoms with Gasteiger partial charge in [0.05, 0.1) is 15.6 Å². The fraction of sp³-hybridized carbons (Fsp3) is 0.364. The molecule has 0 bridgehead atoms. The van der Waals surface area contributed by atoms with Crippen molar-refractivity contribution in [2.75, 3.05) is 0 Å². The maximum atomic E-state index is 5.87. The molecule has 0 fully saturated rings. The number of nitrogens with zero attached hydrogens (tertiary/aromatic N) is 1. The van der Waals surface area contributed by atoms with Crippen molar-refractivity contribution < 1.29 is 0 Å². The summed E-state index contributed by atoms with van der Waals surface area (Å²) in [5.41, 5.74) is 0.904. The van der Waals surface area contributed by atoms with Gasteiger partial charge in [-0.05, 0) is 38.5 Å². The van der Waals surface area contributed by atoms with E-state index >= 15 is 0 Å². The molecule has 0 spiro atoms. The average Bonchev–Trinajstić information content (AvgIpc) is 2.06. The van der Waals surface area contributed by atoms with Crippen molar-refractivity contribution in [2.45, 2.75) is 26.3 Å². The van der Waals surface area contributed by atoms with E-state index in [0.29, 0.717) is 10.0 Å². The largest absolute Gasteiger partial charge is 0.287 e. The third-order valence-electron chi connectivity index (χ3n) is 1.54. The molecule has 76 valence electrons. The normalized spacial score (nSPS) is 12.4. The van der Waals surface area contributed by atoms with Gasteiger partial charge in [-0.25, -0.2) is 0 Å². The highest BCUT2D eigenvalue weighted by molar-refractivity contribution is 6.42. The van der Waals surface area contributed by atoms with Crippen LogP contribution in [0.25, 0.3) is 0 Å². The third-order valence-corrected chi connectivity index (χ3v) is 2.28. The Hall–Kier alpha value is -0.530. The predicted molar refractivity (Wildman–Crippen MR) is 63.8 cm³/mol. The van der Waals surface area contributed by atoms with Crippen LogP contribution in [0, 0.1) is 0 Å². The van der Waals surface area contributed by atoms with Gasteiger partial charge in [0.15, 0.2) is 0 Å². The van der Waals surface area contributed by atoms with Crippen LogP contribution < -0.4 is 0 Å². The molecule has 0 aliphatic heterocycles. The quantitative estimate of drug-likeness (QED) is 0.641. The van der Waals surface area contributed by atoms with Crippen LogP contribution >= 0.6 is 23.2 Å². The minimum Gasteiger partial charge on any atom is -0.287 e. The minimum absolute atomic E-state index is 0.0634. The van der Waals surface area contributed by atoms with Gasteiger partial charge in [-0.1, -0.05) is 29.3 Å². The van der Waals surface area contributed by atoms with Crippen LogP contribution in [0.3, 0.4) is 0 Å². The smallest absolute Gasteiger partial charge is 0.0598 e. The highest BCUT2D eigenvalue weighted by Crippen LogP contribution is 2.22. The second-order valence-electron chi connectivity index (χ2n) is 4.10. The maximum Gasteiger partial charge on any atom is 0.0598 e. The van der Waals surface area contributed by atoms with Crippen molar-refractivity contribution in [3.63, 3.8) is 0 Å². The second-order valence-corrected chi connectivity index (χ2v) is 4.92. The van der Waals surface area contributed by atoms with Crippen molar-refractivity contribution in [1.82, 2.24) is 0 Å². The average molecular weight is 230 g/mol. The number of hydrogen-bond donors (Lipinski definition) is 0. The lowest BCUT2D eigenvalue weighted by Gasteiger charge is -2.10. The van der Waals surface area contributed by atoms with Crippen molar-refractivity contribution >= 4 is 29.4 Å². The topological polar surface area (TPSA) is 12.4 Å². The fourth-order valence-electron chi connectivity index (χ4n) is 0.861. The fourth-order valence-corrected chi connectivity index (χ4v) is 1.17. The van der Waals surface area contributed by atoms with E-state index in [2.05, 4.69) is 4.99 Å². The van der Waals surface area contributed by atoms with Gasteiger partial charge in [-0.15, -0.1) is 0 Å². The summed E-state index contributed by atoms with van der Waals surface area (Å²) < 4.78 is 0. The van der Waals surface area contributed by atoms with Gasteiger partial charge in [0.2, 0.25) is 0 Å². The van der Waals surface area contributed by atoms with Crippen LogP contribution in [0.2, 0.25) is 10.0 Å². The highest BCUT2D eigenvalue weighted by Gasteiger charge is 2.05. The summed E-state index contributed by atoms with van der Waals surface area (Å²) in [6, 6.07) is 5.47. The molecule has 0 aliphatic rings. The Bertz CT molecular complexity index is 351. The molecule has 1 rings (SSSR count). The van der Waals surface area contributed by atoms with Crippen molar-refractivity contribution in [1.29, 1.82) is 0 Å². The molecule has 0 N–H and O–H groups in total. The van der Waals surface area contributed by atoms with E-state index in [1.165, 1.54) is 0 Å². The Labute approximate surface area is 94.8 Å². The van der Waals surface area contributed by atoms with Gasteiger partial charge >= 0.3 is 0 Å². The summed E-state index contributed by atoms with van der Waals surface area (Å²) in [5, 5.41) is 1.13. The molecular weight excluding hydrogens is 217 g/mol. The van der Waals surface area contributed by atoms with E-state index in [0.717, 1.165) is 5.56 Å². The molecule has 0 amide bonds. The van der Waals surface area contributed by atoms with Gasteiger partial charge in [0.25, 0.3) is 0 Å². The van der Waals surface area contributed by atoms with Crippen LogP contribution in [0.4, 0.5) is 0 Å². The predicted octanol–water partition coefficient (Wildman–Crippen LogP) is 4.21. The molecule has 1 aromatic carbocycles. The Morgan fingerprint density at radius 1 is 1.14 bits per heavy atom. The van der Waals surface area contributed by atoms with E-state index in [-0.39, 0.29) is 5.54 Å². The molecule has 1 nitrogen and oxygen atoms in total. The van der Waals surface area contributed by atoms with E-state index in [1.807, 2.05) is 33.1 Å². The first-order valence-corrected chi connectivity index (χ1v) is 5.14. The number of halogens is 2. The molecular formula is C11H13Cl2N. The molecule has 1 aromatic rings. The van der Waals surface area contributed by atoms with Gasteiger partial charge in [0, 0.05) is 6.21 Å². The van der Waals surface area contributed by atoms with Gasteiger partial charge in [-0.3, -0.25) is 4.99 Å². The second kappa shape index (κ2) is 4.33. The molecule has 0 radical (unpaired) electrons. The first-order chi connectivity index (χ1) is 6.38. The Kier molecular flexibility index (Phi) is 3.57. The molecule has 0 saturated heterocycles. The molecule has 0 unspecified atom stereocenters. The van der Waals surface area contributed by atoms with Gasteiger partial charge < -0.3 is 0 Å². The zero-order valence-corrected chi connectivity index (χ0v) is 10.0. The molecule has 14 heavy (non-hydrogen) atoms. The molecule has 0 aliphatic carbocycles. The number of rotatable bonds is 1. The summed E-state index contributed by atoms with van der Waals surface area (Å²) in [5.74, 6) is 0. The van der Waals surface area contributed by atoms with Crippen LogP contribution in [-0.2, 0) is 0 Å². The van der Waals surface area contributed by atoms with Gasteiger partial charge in [-0.2, -0.15) is 0 Å². The molecule has 0 heterocycles. The monoisotopic (exact) mass is 229 g/mol. The summed E-state index contributed by atoms with van der Waals surface area (Å²) >= 11 is 11.7. The van der Waals surface area contributed by atoms with E-state index in [4.69, 9.17) is 23.2 Å². The molecule has 0 saturated carbocycles. The van der Waals surface area contributed by atoms with Crippen LogP contribution in [0.15, 0.2) is 23.2 Å². The Balaban J connectivity index is 2.89. The third kappa shape index (κ3) is 3.69. The Morgan fingerprint density at radius 3 is 2.29 bits per heavy atom. The standard InChI is InChI=1S/C11H13Cl2N/c1-11(2,3)14-7-8-4-5-9(12)10(13)6-8/h4-7H,1-3H3. The lowest BCUT2D eigenvalue weighted by Crippen LogP contribution is -2.09. The van der Waals surface area contributed by atoms with Crippen LogP contribution in [-0.4, -0.2) is 11.8 Å². The van der Waals surface area contributed by atoms with Crippen molar-refractivity contribution in [2.24, 2.45) is 4.99 Å². The van der Waals surface area contributed by atoms with Crippen LogP contribution in [0.1, 0.15) is 26.3 Å². The Morgan fingerprint density at radius 2 is 1.79 bits per heavy atom. The zero-order valence-electron chi connectivity index (χ0n) is 8.51. The number of aliphatic imine (C=N–C) groups is 1. The first-order valence-electron chi connectivity index (χ1n) is 4.39. The summed E-state index contributed by atoms with van der Waals surface area (Å²) in [6.07, 6.45) is 1.81. The lowest BCUT2D eigenvalue weighted by molar-refractivity contribution is 0.586. The molecule has 0 aromatic heterocycles. The first kappa shape index (κ1) is 11.5. The van der Waals surface area contributed by atoms with Crippen molar-refractivity contribution in [3.05, 3.63) is 33.8 Å². The molecule has 3 heteroatoms. The van der Waals surface area contributed by atoms with Crippen molar-refractivity contribution in [3.8, 4) is 0 Å². The van der Waals surface area contributed by atoms with E-state index in [9.17, 15) is 0 Å². The number of hydrogen-bond acceptors (Lipinski definition) is 1. The van der Waals surface area contributed by atoms with E-state index in [1.54, 1.807) is 12.1 Å². The summed E-state index contributed by atoms with van der Waals surface area (Å²) in [7, 11) is 0. The van der Waals surface area contributed by atoms with Crippen LogP contribution in [0.5, 0.6) is 0 Å². The number of benzene rings is 1. The van der Waals surface area contributed by atoms with Gasteiger partial charge in [0.1, 0.15) is 0 Å². The summed E-state index contributed by atoms with van der Waals surface area (Å²) in [4.78, 5) is 4.37. The summed E-state index contributed by atoms with van der Waals surface area (Å²) in [6.45, 7) is 6.13. The highest BCUT2D eigenvalue weighted by atomic mass is 35.5. The SMILES string of the molecule is CC(C)(C)N=Cc1ccc(Cl)c(Cl)c1. The molecule has 0 atom stereocenters. The maximum absolute atomic E-state index is 5.87. The van der Waals surface area contributed by atoms with E-state index < -0.39 is 0 Å². The minimum atomic E-state index is -0.0634.